The number of rotatable bonds is 4. The summed E-state index contributed by atoms with van der Waals surface area (Å²) in [5.41, 5.74) is 5.31. The standard InChI is InChI=1S/C14H4F8N2O3/c15-3-1(13(23)25)4(16)8(20)11(7(3)19)27-12-9(21)5(17)2(14(24)26)6(18)10(12)22/h(H2,23,25)(H2,24,26). The van der Waals surface area contributed by atoms with Gasteiger partial charge in [-0.3, -0.25) is 9.59 Å². The molecule has 0 bridgehead atoms. The van der Waals surface area contributed by atoms with Gasteiger partial charge in [0, 0.05) is 0 Å². The zero-order chi connectivity index (χ0) is 20.8. The van der Waals surface area contributed by atoms with Crippen molar-refractivity contribution in [2.75, 3.05) is 0 Å². The number of halogens is 8. The van der Waals surface area contributed by atoms with Gasteiger partial charge in [-0.2, -0.15) is 17.6 Å². The van der Waals surface area contributed by atoms with Gasteiger partial charge in [0.05, 0.1) is 0 Å². The number of nitrogens with two attached hydrogens (primary N) is 2. The molecule has 2 amide bonds. The lowest BCUT2D eigenvalue weighted by Crippen LogP contribution is -2.20. The second kappa shape index (κ2) is 6.74. The lowest BCUT2D eigenvalue weighted by molar-refractivity contribution is 0.0981. The van der Waals surface area contributed by atoms with Crippen LogP contribution in [0.2, 0.25) is 0 Å². The summed E-state index contributed by atoms with van der Waals surface area (Å²) >= 11 is 0. The Morgan fingerprint density at radius 3 is 0.926 bits per heavy atom. The Balaban J connectivity index is 2.76. The van der Waals surface area contributed by atoms with Crippen LogP contribution in [0.25, 0.3) is 0 Å². The van der Waals surface area contributed by atoms with Gasteiger partial charge in [-0.25, -0.2) is 17.6 Å². The number of ether oxygens (including phenoxy) is 1. The zero-order valence-electron chi connectivity index (χ0n) is 12.4. The average Bonchev–Trinajstić information content (AvgIpc) is 2.57. The average molecular weight is 400 g/mol. The van der Waals surface area contributed by atoms with Crippen LogP contribution in [0.15, 0.2) is 0 Å². The zero-order valence-corrected chi connectivity index (χ0v) is 12.4. The van der Waals surface area contributed by atoms with E-state index >= 15 is 0 Å². The van der Waals surface area contributed by atoms with Crippen LogP contribution < -0.4 is 16.2 Å². The van der Waals surface area contributed by atoms with Gasteiger partial charge in [0.25, 0.3) is 11.8 Å². The van der Waals surface area contributed by atoms with E-state index in [0.29, 0.717) is 0 Å². The first-order chi connectivity index (χ1) is 12.4. The molecule has 0 fully saturated rings. The molecule has 0 radical (unpaired) electrons. The van der Waals surface area contributed by atoms with Crippen molar-refractivity contribution in [2.24, 2.45) is 11.5 Å². The third kappa shape index (κ3) is 3.00. The minimum absolute atomic E-state index is 1.88. The maximum atomic E-state index is 13.8. The molecule has 0 atom stereocenters. The van der Waals surface area contributed by atoms with Gasteiger partial charge < -0.3 is 16.2 Å². The smallest absolute Gasteiger partial charge is 0.254 e. The van der Waals surface area contributed by atoms with E-state index in [9.17, 15) is 44.7 Å². The van der Waals surface area contributed by atoms with Crippen molar-refractivity contribution in [3.05, 3.63) is 57.7 Å². The fourth-order valence-electron chi connectivity index (χ4n) is 1.94. The molecule has 0 aliphatic carbocycles. The van der Waals surface area contributed by atoms with Gasteiger partial charge in [-0.15, -0.1) is 0 Å². The van der Waals surface area contributed by atoms with E-state index in [-0.39, 0.29) is 0 Å². The molecule has 4 N–H and O–H groups in total. The van der Waals surface area contributed by atoms with Crippen molar-refractivity contribution < 1.29 is 49.4 Å². The number of primary amides is 2. The van der Waals surface area contributed by atoms with E-state index in [0.717, 1.165) is 0 Å². The molecule has 0 aliphatic heterocycles. The summed E-state index contributed by atoms with van der Waals surface area (Å²) in [6.45, 7) is 0. The maximum absolute atomic E-state index is 13.8. The van der Waals surface area contributed by atoms with Gasteiger partial charge in [-0.1, -0.05) is 0 Å². The van der Waals surface area contributed by atoms with Crippen molar-refractivity contribution in [2.45, 2.75) is 0 Å². The Morgan fingerprint density at radius 1 is 0.519 bits per heavy atom. The van der Waals surface area contributed by atoms with E-state index in [1.54, 1.807) is 0 Å². The normalized spacial score (nSPS) is 10.8. The van der Waals surface area contributed by atoms with Gasteiger partial charge >= 0.3 is 0 Å². The Kier molecular flexibility index (Phi) is 4.97. The SMILES string of the molecule is NC(=O)c1c(F)c(F)c(Oc2c(F)c(F)c(C(N)=O)c(F)c2F)c(F)c1F. The lowest BCUT2D eigenvalue weighted by atomic mass is 10.1. The molecule has 13 heteroatoms. The third-order valence-corrected chi connectivity index (χ3v) is 3.14. The second-order valence-corrected chi connectivity index (χ2v) is 4.75. The highest BCUT2D eigenvalue weighted by molar-refractivity contribution is 5.94. The second-order valence-electron chi connectivity index (χ2n) is 4.75. The van der Waals surface area contributed by atoms with Gasteiger partial charge in [0.15, 0.2) is 23.3 Å². The quantitative estimate of drug-likeness (QED) is 0.610. The molecule has 0 heterocycles. The molecule has 0 saturated carbocycles. The largest absolute Gasteiger partial charge is 0.444 e. The Hall–Kier alpha value is -3.38. The fourth-order valence-corrected chi connectivity index (χ4v) is 1.94. The Labute approximate surface area is 143 Å². The number of hydrogen-bond acceptors (Lipinski definition) is 3. The molecular weight excluding hydrogens is 396 g/mol. The summed E-state index contributed by atoms with van der Waals surface area (Å²) in [5.74, 6) is -27.8. The summed E-state index contributed by atoms with van der Waals surface area (Å²) < 4.78 is 114. The topological polar surface area (TPSA) is 95.4 Å². The number of carbonyl (C=O) groups is 2. The molecule has 0 saturated heterocycles. The van der Waals surface area contributed by atoms with Crippen molar-refractivity contribution in [3.8, 4) is 11.5 Å². The van der Waals surface area contributed by atoms with E-state index < -0.39 is 81.0 Å². The van der Waals surface area contributed by atoms with E-state index in [2.05, 4.69) is 16.2 Å². The summed E-state index contributed by atoms with van der Waals surface area (Å²) in [4.78, 5) is 21.6. The molecule has 27 heavy (non-hydrogen) atoms. The van der Waals surface area contributed by atoms with Gasteiger partial charge in [0.2, 0.25) is 34.8 Å². The van der Waals surface area contributed by atoms with E-state index in [1.165, 1.54) is 0 Å². The van der Waals surface area contributed by atoms with E-state index in [4.69, 9.17) is 0 Å². The molecule has 2 aromatic rings. The first kappa shape index (κ1) is 19.9. The molecule has 144 valence electrons. The highest BCUT2D eigenvalue weighted by atomic mass is 19.2. The van der Waals surface area contributed by atoms with Crippen LogP contribution in [-0.2, 0) is 0 Å². The molecule has 0 unspecified atom stereocenters. The number of amides is 2. The third-order valence-electron chi connectivity index (χ3n) is 3.14. The number of carbonyl (C=O) groups excluding carboxylic acids is 2. The minimum Gasteiger partial charge on any atom is -0.444 e. The Morgan fingerprint density at radius 2 is 0.741 bits per heavy atom. The molecule has 0 spiro atoms. The van der Waals surface area contributed by atoms with Crippen molar-refractivity contribution in [1.82, 2.24) is 0 Å². The molecule has 0 aromatic heterocycles. The van der Waals surface area contributed by atoms with Crippen LogP contribution in [-0.4, -0.2) is 11.8 Å². The van der Waals surface area contributed by atoms with Crippen molar-refractivity contribution >= 4 is 11.8 Å². The van der Waals surface area contributed by atoms with Gasteiger partial charge in [-0.05, 0) is 0 Å². The highest BCUT2D eigenvalue weighted by Gasteiger charge is 2.34. The van der Waals surface area contributed by atoms with E-state index in [1.807, 2.05) is 0 Å². The molecular formula is C14H4F8N2O3. The van der Waals surface area contributed by atoms with Crippen LogP contribution >= 0.6 is 0 Å². The summed E-state index contributed by atoms with van der Waals surface area (Å²) in [6, 6.07) is 0. The van der Waals surface area contributed by atoms with Crippen molar-refractivity contribution in [1.29, 1.82) is 0 Å². The highest BCUT2D eigenvalue weighted by Crippen LogP contribution is 2.37. The fraction of sp³-hybridized carbons (Fsp3) is 0. The molecule has 0 aliphatic rings. The van der Waals surface area contributed by atoms with Crippen molar-refractivity contribution in [3.63, 3.8) is 0 Å². The predicted molar refractivity (Wildman–Crippen MR) is 69.7 cm³/mol. The molecule has 2 rings (SSSR count). The number of benzene rings is 2. The first-order valence-electron chi connectivity index (χ1n) is 6.41. The predicted octanol–water partition coefficient (Wildman–Crippen LogP) is 2.79. The van der Waals surface area contributed by atoms with Crippen LogP contribution in [0.5, 0.6) is 11.5 Å². The summed E-state index contributed by atoms with van der Waals surface area (Å²) in [5, 5.41) is 0. The summed E-state index contributed by atoms with van der Waals surface area (Å²) in [7, 11) is 0. The van der Waals surface area contributed by atoms with Gasteiger partial charge in [0.1, 0.15) is 11.1 Å². The van der Waals surface area contributed by atoms with Crippen LogP contribution in [0.1, 0.15) is 20.7 Å². The first-order valence-corrected chi connectivity index (χ1v) is 6.41. The molecule has 2 aromatic carbocycles. The van der Waals surface area contributed by atoms with Crippen LogP contribution in [0, 0.1) is 46.5 Å². The monoisotopic (exact) mass is 400 g/mol. The van der Waals surface area contributed by atoms with Crippen LogP contribution in [0.4, 0.5) is 35.1 Å². The summed E-state index contributed by atoms with van der Waals surface area (Å²) in [6.07, 6.45) is 0. The van der Waals surface area contributed by atoms with Crippen LogP contribution in [0.3, 0.4) is 0 Å². The lowest BCUT2D eigenvalue weighted by Gasteiger charge is -2.14. The molecule has 5 nitrogen and oxygen atoms in total. The minimum atomic E-state index is -2.48. The number of hydrogen-bond donors (Lipinski definition) is 2. The Bertz CT molecular complexity index is 871. The maximum Gasteiger partial charge on any atom is 0.254 e.